The van der Waals surface area contributed by atoms with E-state index in [4.69, 9.17) is 15.3 Å². The number of furan rings is 1. The Labute approximate surface area is 88.1 Å². The fourth-order valence-electron chi connectivity index (χ4n) is 2.63. The Morgan fingerprint density at radius 3 is 3.07 bits per heavy atom. The number of aliphatic carboxylic acids is 1. The molecule has 0 radical (unpaired) electrons. The average Bonchev–Trinajstić information content (AvgIpc) is 2.69. The second-order valence-electron chi connectivity index (χ2n) is 4.35. The fraction of sp³-hybridized carbons (Fsp3) is 0.545. The van der Waals surface area contributed by atoms with E-state index in [0.717, 1.165) is 17.5 Å². The highest BCUT2D eigenvalue weighted by molar-refractivity contribution is 5.70. The van der Waals surface area contributed by atoms with Crippen molar-refractivity contribution in [3.05, 3.63) is 23.7 Å². The van der Waals surface area contributed by atoms with E-state index in [0.29, 0.717) is 6.54 Å². The van der Waals surface area contributed by atoms with Crippen LogP contribution in [0.5, 0.6) is 0 Å². The van der Waals surface area contributed by atoms with Gasteiger partial charge < -0.3 is 15.3 Å². The van der Waals surface area contributed by atoms with Crippen LogP contribution in [0.4, 0.5) is 0 Å². The molecule has 2 atom stereocenters. The molecule has 0 amide bonds. The number of nitrogens with two attached hydrogens (primary N) is 1. The van der Waals surface area contributed by atoms with Crippen LogP contribution in [0.3, 0.4) is 0 Å². The van der Waals surface area contributed by atoms with E-state index in [1.807, 2.05) is 0 Å². The third kappa shape index (κ3) is 1.36. The summed E-state index contributed by atoms with van der Waals surface area (Å²) in [5, 5.41) is 8.96. The van der Waals surface area contributed by atoms with Crippen LogP contribution in [0, 0.1) is 5.92 Å². The van der Waals surface area contributed by atoms with E-state index >= 15 is 0 Å². The van der Waals surface area contributed by atoms with E-state index in [1.54, 1.807) is 12.5 Å². The molecule has 2 rings (SSSR count). The molecule has 0 aliphatic heterocycles. The molecular weight excluding hydrogens is 194 g/mol. The lowest BCUT2D eigenvalue weighted by Crippen LogP contribution is -2.40. The summed E-state index contributed by atoms with van der Waals surface area (Å²) < 4.78 is 5.13. The summed E-state index contributed by atoms with van der Waals surface area (Å²) in [5.41, 5.74) is 7.43. The van der Waals surface area contributed by atoms with Crippen LogP contribution < -0.4 is 5.73 Å². The second-order valence-corrected chi connectivity index (χ2v) is 4.35. The monoisotopic (exact) mass is 209 g/mol. The van der Waals surface area contributed by atoms with Gasteiger partial charge in [-0.25, -0.2) is 0 Å². The van der Waals surface area contributed by atoms with Crippen LogP contribution in [0.2, 0.25) is 0 Å². The van der Waals surface area contributed by atoms with E-state index in [-0.39, 0.29) is 12.3 Å². The van der Waals surface area contributed by atoms with Gasteiger partial charge in [0.25, 0.3) is 0 Å². The van der Waals surface area contributed by atoms with Gasteiger partial charge in [0.2, 0.25) is 0 Å². The Bertz CT molecular complexity index is 385. The standard InChI is InChI=1S/C11H15NO3/c1-7-2-8-4-15-5-9(8)11(7,6-12)3-10(13)14/h4-5,7H,2-3,6,12H2,1H3,(H,13,14). The van der Waals surface area contributed by atoms with Crippen LogP contribution in [0.15, 0.2) is 16.9 Å². The van der Waals surface area contributed by atoms with Crippen molar-refractivity contribution in [2.45, 2.75) is 25.2 Å². The number of carbonyl (C=O) groups is 1. The van der Waals surface area contributed by atoms with Gasteiger partial charge in [0.15, 0.2) is 0 Å². The molecule has 4 heteroatoms. The second kappa shape index (κ2) is 3.38. The molecule has 0 fully saturated rings. The summed E-state index contributed by atoms with van der Waals surface area (Å²) in [6, 6.07) is 0. The van der Waals surface area contributed by atoms with Gasteiger partial charge in [0.1, 0.15) is 0 Å². The molecule has 0 aromatic carbocycles. The van der Waals surface area contributed by atoms with Gasteiger partial charge in [-0.1, -0.05) is 6.92 Å². The lowest BCUT2D eigenvalue weighted by molar-refractivity contribution is -0.138. The summed E-state index contributed by atoms with van der Waals surface area (Å²) in [7, 11) is 0. The number of hydrogen-bond donors (Lipinski definition) is 2. The zero-order chi connectivity index (χ0) is 11.1. The molecule has 4 nitrogen and oxygen atoms in total. The predicted molar refractivity (Wildman–Crippen MR) is 54.6 cm³/mol. The van der Waals surface area contributed by atoms with Gasteiger partial charge >= 0.3 is 5.97 Å². The number of hydrogen-bond acceptors (Lipinski definition) is 3. The Balaban J connectivity index is 2.43. The minimum absolute atomic E-state index is 0.0806. The smallest absolute Gasteiger partial charge is 0.304 e. The first-order valence-corrected chi connectivity index (χ1v) is 5.07. The quantitative estimate of drug-likeness (QED) is 0.782. The SMILES string of the molecule is CC1Cc2cocc2C1(CN)CC(=O)O. The van der Waals surface area contributed by atoms with Crippen molar-refractivity contribution in [3.8, 4) is 0 Å². The van der Waals surface area contributed by atoms with E-state index in [2.05, 4.69) is 6.92 Å². The predicted octanol–water partition coefficient (Wildman–Crippen LogP) is 1.14. The topological polar surface area (TPSA) is 76.5 Å². The summed E-state index contributed by atoms with van der Waals surface area (Å²) in [6.45, 7) is 2.41. The highest BCUT2D eigenvalue weighted by Gasteiger charge is 2.46. The number of fused-ring (bicyclic) bond motifs is 1. The maximum absolute atomic E-state index is 10.9. The first-order valence-electron chi connectivity index (χ1n) is 5.07. The molecule has 3 N–H and O–H groups in total. The van der Waals surface area contributed by atoms with Crippen molar-refractivity contribution < 1.29 is 14.3 Å². The molecule has 1 heterocycles. The highest BCUT2D eigenvalue weighted by atomic mass is 16.4. The van der Waals surface area contributed by atoms with Crippen LogP contribution in [-0.2, 0) is 16.6 Å². The normalized spacial score (nSPS) is 29.1. The molecule has 1 aromatic heterocycles. The molecule has 82 valence electrons. The van der Waals surface area contributed by atoms with Crippen LogP contribution in [0.25, 0.3) is 0 Å². The number of carboxylic acid groups (broad SMARTS) is 1. The molecule has 0 saturated carbocycles. The van der Waals surface area contributed by atoms with Crippen LogP contribution >= 0.6 is 0 Å². The zero-order valence-electron chi connectivity index (χ0n) is 8.69. The molecule has 1 aliphatic rings. The van der Waals surface area contributed by atoms with E-state index in [9.17, 15) is 4.79 Å². The first-order chi connectivity index (χ1) is 7.10. The lowest BCUT2D eigenvalue weighted by Gasteiger charge is -2.31. The van der Waals surface area contributed by atoms with Crippen molar-refractivity contribution in [3.63, 3.8) is 0 Å². The average molecular weight is 209 g/mol. The van der Waals surface area contributed by atoms with Crippen molar-refractivity contribution in [1.29, 1.82) is 0 Å². The summed E-state index contributed by atoms with van der Waals surface area (Å²) in [4.78, 5) is 10.9. The Morgan fingerprint density at radius 2 is 2.47 bits per heavy atom. The zero-order valence-corrected chi connectivity index (χ0v) is 8.69. The van der Waals surface area contributed by atoms with Gasteiger partial charge in [0, 0.05) is 17.5 Å². The molecule has 15 heavy (non-hydrogen) atoms. The molecule has 0 bridgehead atoms. The molecule has 2 unspecified atom stereocenters. The molecular formula is C11H15NO3. The Kier molecular flexibility index (Phi) is 2.31. The summed E-state index contributed by atoms with van der Waals surface area (Å²) >= 11 is 0. The van der Waals surface area contributed by atoms with Gasteiger partial charge in [-0.3, -0.25) is 4.79 Å². The number of rotatable bonds is 3. The van der Waals surface area contributed by atoms with Crippen molar-refractivity contribution in [2.24, 2.45) is 11.7 Å². The van der Waals surface area contributed by atoms with E-state index in [1.165, 1.54) is 0 Å². The van der Waals surface area contributed by atoms with Gasteiger partial charge in [-0.15, -0.1) is 0 Å². The van der Waals surface area contributed by atoms with Crippen molar-refractivity contribution >= 4 is 5.97 Å². The van der Waals surface area contributed by atoms with Gasteiger partial charge in [0.05, 0.1) is 18.9 Å². The third-order valence-corrected chi connectivity index (χ3v) is 3.58. The third-order valence-electron chi connectivity index (χ3n) is 3.58. The van der Waals surface area contributed by atoms with Gasteiger partial charge in [-0.05, 0) is 17.9 Å². The van der Waals surface area contributed by atoms with E-state index < -0.39 is 11.4 Å². The Morgan fingerprint density at radius 1 is 1.73 bits per heavy atom. The summed E-state index contributed by atoms with van der Waals surface area (Å²) in [6.07, 6.45) is 4.28. The lowest BCUT2D eigenvalue weighted by atomic mass is 9.73. The summed E-state index contributed by atoms with van der Waals surface area (Å²) in [5.74, 6) is -0.540. The van der Waals surface area contributed by atoms with Crippen LogP contribution in [-0.4, -0.2) is 17.6 Å². The largest absolute Gasteiger partial charge is 0.481 e. The van der Waals surface area contributed by atoms with Gasteiger partial charge in [-0.2, -0.15) is 0 Å². The first kappa shape index (κ1) is 10.2. The number of carboxylic acids is 1. The molecule has 1 aromatic rings. The van der Waals surface area contributed by atoms with Crippen LogP contribution in [0.1, 0.15) is 24.5 Å². The minimum atomic E-state index is -0.804. The Hall–Kier alpha value is -1.29. The van der Waals surface area contributed by atoms with Crippen molar-refractivity contribution in [1.82, 2.24) is 0 Å². The molecule has 1 aliphatic carbocycles. The fourth-order valence-corrected chi connectivity index (χ4v) is 2.63. The minimum Gasteiger partial charge on any atom is -0.481 e. The maximum atomic E-state index is 10.9. The molecule has 0 saturated heterocycles. The molecule has 0 spiro atoms. The maximum Gasteiger partial charge on any atom is 0.304 e. The van der Waals surface area contributed by atoms with Crippen molar-refractivity contribution in [2.75, 3.05) is 6.54 Å². The highest BCUT2D eigenvalue weighted by Crippen LogP contribution is 2.45.